The van der Waals surface area contributed by atoms with Gasteiger partial charge in [0.15, 0.2) is 0 Å². The molecule has 3 rings (SSSR count). The average molecular weight is 257 g/mol. The molecule has 6 atom stereocenters. The monoisotopic (exact) mass is 257 g/mol. The SMILES string of the molecule is [N-]=[N+]=N[C@@H]1[C@@H](O)[C@@H]2CCC[C@@H](O)[C@@H](O)[C@H]1OC2=O. The van der Waals surface area contributed by atoms with E-state index in [1.165, 1.54) is 0 Å². The topological polar surface area (TPSA) is 136 Å². The molecule has 0 unspecified atom stereocenters. The number of aliphatic hydroxyl groups is 3. The van der Waals surface area contributed by atoms with Crippen molar-refractivity contribution in [1.82, 2.24) is 0 Å². The van der Waals surface area contributed by atoms with Gasteiger partial charge in [-0.25, -0.2) is 0 Å². The average Bonchev–Trinajstić information content (AvgIpc) is 2.41. The van der Waals surface area contributed by atoms with E-state index in [4.69, 9.17) is 10.3 Å². The molecule has 0 amide bonds. The lowest BCUT2D eigenvalue weighted by molar-refractivity contribution is -0.186. The Morgan fingerprint density at radius 1 is 1.28 bits per heavy atom. The van der Waals surface area contributed by atoms with Gasteiger partial charge in [-0.15, -0.1) is 0 Å². The second-order valence-electron chi connectivity index (χ2n) is 4.68. The molecule has 18 heavy (non-hydrogen) atoms. The van der Waals surface area contributed by atoms with E-state index < -0.39 is 42.3 Å². The summed E-state index contributed by atoms with van der Waals surface area (Å²) in [5.74, 6) is -1.39. The molecular formula is C10H15N3O5. The Morgan fingerprint density at radius 3 is 2.67 bits per heavy atom. The van der Waals surface area contributed by atoms with Crippen molar-refractivity contribution in [3.63, 3.8) is 0 Å². The van der Waals surface area contributed by atoms with Crippen LogP contribution in [0.5, 0.6) is 0 Å². The summed E-state index contributed by atoms with van der Waals surface area (Å²) >= 11 is 0. The lowest BCUT2D eigenvalue weighted by Crippen LogP contribution is -2.57. The van der Waals surface area contributed by atoms with E-state index in [9.17, 15) is 20.1 Å². The standard InChI is InChI=1S/C10H15N3O5/c11-13-12-6-7(15)4-2-1-3-5(14)8(16)9(6)18-10(4)17/h4-9,14-16H,1-3H2/t4-,5+,6+,7-,8+,9-/m0/s1. The Kier molecular flexibility index (Phi) is 3.72. The Labute approximate surface area is 103 Å². The molecule has 100 valence electrons. The molecule has 8 nitrogen and oxygen atoms in total. The van der Waals surface area contributed by atoms with Gasteiger partial charge in [0.05, 0.1) is 18.1 Å². The highest BCUT2D eigenvalue weighted by molar-refractivity contribution is 5.74. The molecule has 1 aliphatic carbocycles. The zero-order valence-corrected chi connectivity index (χ0v) is 9.59. The van der Waals surface area contributed by atoms with Gasteiger partial charge < -0.3 is 20.1 Å². The predicted molar refractivity (Wildman–Crippen MR) is 58.2 cm³/mol. The minimum absolute atomic E-state index is 0.306. The van der Waals surface area contributed by atoms with Crippen molar-refractivity contribution in [3.05, 3.63) is 10.4 Å². The maximum atomic E-state index is 11.7. The van der Waals surface area contributed by atoms with Crippen LogP contribution in [0.25, 0.3) is 10.4 Å². The van der Waals surface area contributed by atoms with Gasteiger partial charge in [0, 0.05) is 4.91 Å². The second kappa shape index (κ2) is 5.11. The Bertz CT molecular complexity index is 384. The van der Waals surface area contributed by atoms with Crippen molar-refractivity contribution < 1.29 is 24.9 Å². The predicted octanol–water partition coefficient (Wildman–Crippen LogP) is -0.527. The molecule has 2 bridgehead atoms. The molecule has 3 aliphatic rings. The molecule has 8 heteroatoms. The number of hydrogen-bond donors (Lipinski definition) is 3. The van der Waals surface area contributed by atoms with E-state index in [-0.39, 0.29) is 0 Å². The molecule has 3 N–H and O–H groups in total. The van der Waals surface area contributed by atoms with Crippen LogP contribution in [0, 0.1) is 5.92 Å². The number of aliphatic hydroxyl groups excluding tert-OH is 3. The van der Waals surface area contributed by atoms with Crippen LogP contribution >= 0.6 is 0 Å². The first-order valence-corrected chi connectivity index (χ1v) is 5.85. The van der Waals surface area contributed by atoms with Crippen molar-refractivity contribution in [2.45, 2.75) is 49.7 Å². The van der Waals surface area contributed by atoms with Crippen LogP contribution in [0.1, 0.15) is 19.3 Å². The highest BCUT2D eigenvalue weighted by Gasteiger charge is 2.49. The second-order valence-corrected chi connectivity index (χ2v) is 4.68. The van der Waals surface area contributed by atoms with E-state index >= 15 is 0 Å². The van der Waals surface area contributed by atoms with Crippen LogP contribution in [0.15, 0.2) is 5.11 Å². The van der Waals surface area contributed by atoms with Gasteiger partial charge in [-0.1, -0.05) is 5.11 Å². The van der Waals surface area contributed by atoms with Crippen molar-refractivity contribution in [2.24, 2.45) is 11.0 Å². The molecule has 0 aromatic rings. The van der Waals surface area contributed by atoms with Gasteiger partial charge in [0.1, 0.15) is 18.2 Å². The van der Waals surface area contributed by atoms with Crippen molar-refractivity contribution >= 4 is 5.97 Å². The first-order valence-electron chi connectivity index (χ1n) is 5.85. The third kappa shape index (κ3) is 2.15. The Balaban J connectivity index is 2.37. The molecule has 0 spiro atoms. The van der Waals surface area contributed by atoms with Gasteiger partial charge in [-0.2, -0.15) is 0 Å². The third-order valence-corrected chi connectivity index (χ3v) is 3.58. The van der Waals surface area contributed by atoms with Crippen LogP contribution in [0.2, 0.25) is 0 Å². The third-order valence-electron chi connectivity index (χ3n) is 3.58. The molecule has 0 aromatic carbocycles. The smallest absolute Gasteiger partial charge is 0.311 e. The van der Waals surface area contributed by atoms with Gasteiger partial charge >= 0.3 is 5.97 Å². The van der Waals surface area contributed by atoms with Gasteiger partial charge in [-0.3, -0.25) is 4.79 Å². The first-order chi connectivity index (χ1) is 8.56. The molecule has 2 heterocycles. The number of azide groups is 1. The Morgan fingerprint density at radius 2 is 2.00 bits per heavy atom. The van der Waals surface area contributed by atoms with Crippen LogP contribution in [0.4, 0.5) is 0 Å². The van der Waals surface area contributed by atoms with E-state index in [0.29, 0.717) is 19.3 Å². The zero-order valence-electron chi connectivity index (χ0n) is 9.59. The largest absolute Gasteiger partial charge is 0.459 e. The normalized spacial score (nSPS) is 44.3. The molecule has 2 aliphatic heterocycles. The molecule has 3 fully saturated rings. The maximum Gasteiger partial charge on any atom is 0.311 e. The van der Waals surface area contributed by atoms with Crippen LogP contribution in [0.3, 0.4) is 0 Å². The number of carbonyl (C=O) groups excluding carboxylic acids is 1. The van der Waals surface area contributed by atoms with Crippen molar-refractivity contribution in [1.29, 1.82) is 0 Å². The van der Waals surface area contributed by atoms with E-state index in [0.717, 1.165) is 0 Å². The maximum absolute atomic E-state index is 11.7. The summed E-state index contributed by atoms with van der Waals surface area (Å²) < 4.78 is 5.01. The lowest BCUT2D eigenvalue weighted by Gasteiger charge is -2.38. The Hall–Kier alpha value is -1.34. The number of rotatable bonds is 1. The summed E-state index contributed by atoms with van der Waals surface area (Å²) in [5, 5.41) is 33.1. The highest BCUT2D eigenvalue weighted by atomic mass is 16.6. The lowest BCUT2D eigenvalue weighted by atomic mass is 9.86. The minimum Gasteiger partial charge on any atom is -0.459 e. The summed E-state index contributed by atoms with van der Waals surface area (Å²) in [6.45, 7) is 0. The minimum atomic E-state index is -1.36. The summed E-state index contributed by atoms with van der Waals surface area (Å²) in [4.78, 5) is 14.3. The number of hydrogen-bond acceptors (Lipinski definition) is 6. The van der Waals surface area contributed by atoms with E-state index in [1.54, 1.807) is 0 Å². The molecular weight excluding hydrogens is 242 g/mol. The number of fused-ring (bicyclic) bond motifs is 6. The van der Waals surface area contributed by atoms with Crippen molar-refractivity contribution in [2.75, 3.05) is 0 Å². The fourth-order valence-corrected chi connectivity index (χ4v) is 2.55. The first kappa shape index (κ1) is 13.1. The van der Waals surface area contributed by atoms with Gasteiger partial charge in [-0.05, 0) is 24.8 Å². The number of ether oxygens (including phenoxy) is 1. The number of esters is 1. The van der Waals surface area contributed by atoms with Gasteiger partial charge in [0.25, 0.3) is 0 Å². The zero-order chi connectivity index (χ0) is 13.3. The highest BCUT2D eigenvalue weighted by Crippen LogP contribution is 2.33. The van der Waals surface area contributed by atoms with Crippen LogP contribution in [-0.4, -0.2) is 51.7 Å². The van der Waals surface area contributed by atoms with Crippen LogP contribution in [-0.2, 0) is 9.53 Å². The summed E-state index contributed by atoms with van der Waals surface area (Å²) in [5.41, 5.74) is 8.48. The summed E-state index contributed by atoms with van der Waals surface area (Å²) in [6.07, 6.45) is -3.71. The molecule has 1 saturated carbocycles. The van der Waals surface area contributed by atoms with E-state index in [1.807, 2.05) is 0 Å². The fourth-order valence-electron chi connectivity index (χ4n) is 2.55. The van der Waals surface area contributed by atoms with E-state index in [2.05, 4.69) is 10.0 Å². The summed E-state index contributed by atoms with van der Waals surface area (Å²) in [7, 11) is 0. The molecule has 2 saturated heterocycles. The number of carbonyl (C=O) groups is 1. The quantitative estimate of drug-likeness (QED) is 0.251. The van der Waals surface area contributed by atoms with Gasteiger partial charge in [0.2, 0.25) is 0 Å². The molecule has 0 radical (unpaired) electrons. The number of nitrogens with zero attached hydrogens (tertiary/aromatic N) is 3. The fraction of sp³-hybridized carbons (Fsp3) is 0.900. The molecule has 0 aromatic heterocycles. The summed E-state index contributed by atoms with van der Waals surface area (Å²) in [6, 6.07) is -1.07. The van der Waals surface area contributed by atoms with Crippen LogP contribution < -0.4 is 0 Å². The van der Waals surface area contributed by atoms with Crippen molar-refractivity contribution in [3.8, 4) is 0 Å².